The van der Waals surface area contributed by atoms with Crippen molar-refractivity contribution in [3.05, 3.63) is 76.3 Å². The number of hydrazone groups is 1. The second-order valence-electron chi connectivity index (χ2n) is 5.81. The van der Waals surface area contributed by atoms with E-state index >= 15 is 0 Å². The third-order valence-electron chi connectivity index (χ3n) is 4.13. The van der Waals surface area contributed by atoms with Crippen LogP contribution < -0.4 is 15.8 Å². The van der Waals surface area contributed by atoms with Crippen LogP contribution in [0.1, 0.15) is 11.1 Å². The van der Waals surface area contributed by atoms with Gasteiger partial charge in [-0.25, -0.2) is 14.6 Å². The number of halogens is 2. The Morgan fingerprint density at radius 2 is 1.93 bits per heavy atom. The maximum absolute atomic E-state index is 14.1. The highest BCUT2D eigenvalue weighted by Gasteiger charge is 2.24. The summed E-state index contributed by atoms with van der Waals surface area (Å²) >= 11 is 3.52. The van der Waals surface area contributed by atoms with Crippen LogP contribution in [0.15, 0.2) is 64.4 Å². The van der Waals surface area contributed by atoms with Crippen molar-refractivity contribution in [2.75, 3.05) is 7.11 Å². The summed E-state index contributed by atoms with van der Waals surface area (Å²) in [5.74, 6) is 1.09. The van der Waals surface area contributed by atoms with Crippen LogP contribution in [0.2, 0.25) is 0 Å². The molecule has 9 heteroatoms. The topological polar surface area (TPSA) is 66.7 Å². The van der Waals surface area contributed by atoms with Gasteiger partial charge in [-0.15, -0.1) is 10.6 Å². The van der Waals surface area contributed by atoms with Gasteiger partial charge >= 0.3 is 0 Å². The summed E-state index contributed by atoms with van der Waals surface area (Å²) in [7, 11) is 1.64. The lowest BCUT2D eigenvalue weighted by Gasteiger charge is -2.18. The van der Waals surface area contributed by atoms with E-state index in [0.29, 0.717) is 22.7 Å². The van der Waals surface area contributed by atoms with Gasteiger partial charge in [0.1, 0.15) is 21.9 Å². The maximum atomic E-state index is 14.1. The molecular weight excluding hydrogens is 415 g/mol. The predicted molar refractivity (Wildman–Crippen MR) is 103 cm³/mol. The number of hydrazine groups is 2. The molecule has 1 aliphatic heterocycles. The molecule has 2 aromatic carbocycles. The number of rotatable bonds is 5. The minimum absolute atomic E-state index is 0.354. The zero-order valence-electron chi connectivity index (χ0n) is 14.4. The second-order valence-corrected chi connectivity index (χ2v) is 6.56. The van der Waals surface area contributed by atoms with Crippen molar-refractivity contribution in [2.45, 2.75) is 6.54 Å². The van der Waals surface area contributed by atoms with Gasteiger partial charge in [-0.3, -0.25) is 5.01 Å². The first kappa shape index (κ1) is 17.5. The maximum Gasteiger partial charge on any atom is 0.177 e. The summed E-state index contributed by atoms with van der Waals surface area (Å²) in [4.78, 5) is 0. The number of methoxy groups -OCH3 is 1. The zero-order valence-corrected chi connectivity index (χ0v) is 15.9. The molecule has 3 aromatic rings. The number of benzene rings is 2. The summed E-state index contributed by atoms with van der Waals surface area (Å²) in [5, 5.41) is 10.4. The van der Waals surface area contributed by atoms with E-state index in [4.69, 9.17) is 4.74 Å². The molecule has 1 aliphatic rings. The Morgan fingerprint density at radius 1 is 1.15 bits per heavy atom. The van der Waals surface area contributed by atoms with Crippen molar-refractivity contribution in [3.63, 3.8) is 0 Å². The number of hydrogen-bond acceptors (Lipinski definition) is 6. The van der Waals surface area contributed by atoms with Crippen LogP contribution in [-0.2, 0) is 6.54 Å². The van der Waals surface area contributed by atoms with Crippen molar-refractivity contribution in [3.8, 4) is 11.4 Å². The van der Waals surface area contributed by atoms with Gasteiger partial charge in [0.15, 0.2) is 5.84 Å². The molecule has 2 heterocycles. The van der Waals surface area contributed by atoms with Gasteiger partial charge in [-0.2, -0.15) is 5.10 Å². The quantitative estimate of drug-likeness (QED) is 0.651. The molecule has 27 heavy (non-hydrogen) atoms. The SMILES string of the molecule is COc1ccc(CN2NNN=C2c2cnn(-c3ccccc3F)c2Br)cc1. The molecule has 0 saturated carbocycles. The molecule has 138 valence electrons. The van der Waals surface area contributed by atoms with Gasteiger partial charge < -0.3 is 4.74 Å². The molecule has 0 atom stereocenters. The number of hydrogen-bond donors (Lipinski definition) is 2. The first-order chi connectivity index (χ1) is 13.2. The molecule has 0 radical (unpaired) electrons. The Morgan fingerprint density at radius 3 is 2.67 bits per heavy atom. The average Bonchev–Trinajstić information content (AvgIpc) is 3.29. The predicted octanol–water partition coefficient (Wildman–Crippen LogP) is 2.97. The number of ether oxygens (including phenoxy) is 1. The second kappa shape index (κ2) is 7.37. The van der Waals surface area contributed by atoms with Crippen LogP contribution in [0.4, 0.5) is 4.39 Å². The lowest BCUT2D eigenvalue weighted by atomic mass is 10.2. The molecule has 2 N–H and O–H groups in total. The molecular formula is C18H16BrFN6O. The fourth-order valence-corrected chi connectivity index (χ4v) is 3.32. The van der Waals surface area contributed by atoms with E-state index in [-0.39, 0.29) is 5.82 Å². The standard InChI is InChI=1S/C18H16BrFN6O/c1-27-13-8-6-12(7-9-13)11-25-18(22-23-24-25)14-10-21-26(17(14)19)16-5-3-2-4-15(16)20/h2-10,23-24H,11H2,1H3. The van der Waals surface area contributed by atoms with Gasteiger partial charge in [-0.05, 0) is 45.8 Å². The van der Waals surface area contributed by atoms with Gasteiger partial charge in [0, 0.05) is 0 Å². The number of para-hydroxylation sites is 1. The van der Waals surface area contributed by atoms with E-state index < -0.39 is 0 Å². The Kier molecular flexibility index (Phi) is 4.78. The summed E-state index contributed by atoms with van der Waals surface area (Å²) in [6.45, 7) is 0.563. The highest BCUT2D eigenvalue weighted by Crippen LogP contribution is 2.25. The van der Waals surface area contributed by atoms with E-state index in [1.807, 2.05) is 29.3 Å². The summed E-state index contributed by atoms with van der Waals surface area (Å²) in [6, 6.07) is 14.2. The summed E-state index contributed by atoms with van der Waals surface area (Å²) in [5.41, 5.74) is 7.90. The van der Waals surface area contributed by atoms with Crippen molar-refractivity contribution in [1.29, 1.82) is 0 Å². The van der Waals surface area contributed by atoms with E-state index in [2.05, 4.69) is 37.2 Å². The van der Waals surface area contributed by atoms with Gasteiger partial charge in [0.05, 0.1) is 25.4 Å². The first-order valence-corrected chi connectivity index (χ1v) is 8.94. The lowest BCUT2D eigenvalue weighted by Crippen LogP contribution is -2.40. The fraction of sp³-hybridized carbons (Fsp3) is 0.111. The van der Waals surface area contributed by atoms with Crippen molar-refractivity contribution < 1.29 is 9.13 Å². The third-order valence-corrected chi connectivity index (χ3v) is 4.90. The van der Waals surface area contributed by atoms with E-state index in [1.165, 1.54) is 10.7 Å². The molecule has 0 aliphatic carbocycles. The highest BCUT2D eigenvalue weighted by molar-refractivity contribution is 9.10. The van der Waals surface area contributed by atoms with Crippen LogP contribution in [0.25, 0.3) is 5.69 Å². The van der Waals surface area contributed by atoms with E-state index in [1.54, 1.807) is 31.5 Å². The van der Waals surface area contributed by atoms with Crippen LogP contribution in [-0.4, -0.2) is 27.7 Å². The molecule has 0 amide bonds. The number of nitrogens with one attached hydrogen (secondary N) is 2. The Balaban J connectivity index is 1.60. The van der Waals surface area contributed by atoms with E-state index in [9.17, 15) is 4.39 Å². The van der Waals surface area contributed by atoms with Crippen LogP contribution in [0.5, 0.6) is 5.75 Å². The lowest BCUT2D eigenvalue weighted by molar-refractivity contribution is 0.288. The number of nitrogens with zero attached hydrogens (tertiary/aromatic N) is 4. The monoisotopic (exact) mass is 430 g/mol. The summed E-state index contributed by atoms with van der Waals surface area (Å²) < 4.78 is 21.4. The molecule has 0 bridgehead atoms. The van der Waals surface area contributed by atoms with Gasteiger partial charge in [0.25, 0.3) is 0 Å². The smallest absolute Gasteiger partial charge is 0.177 e. The molecule has 4 rings (SSSR count). The Bertz CT molecular complexity index is 988. The molecule has 1 aromatic heterocycles. The summed E-state index contributed by atoms with van der Waals surface area (Å²) in [6.07, 6.45) is 1.64. The third kappa shape index (κ3) is 3.38. The highest BCUT2D eigenvalue weighted by atomic mass is 79.9. The molecule has 0 spiro atoms. The first-order valence-electron chi connectivity index (χ1n) is 8.15. The Labute approximate surface area is 163 Å². The molecule has 0 unspecified atom stereocenters. The minimum Gasteiger partial charge on any atom is -0.497 e. The van der Waals surface area contributed by atoms with E-state index in [0.717, 1.165) is 16.9 Å². The molecule has 0 saturated heterocycles. The largest absolute Gasteiger partial charge is 0.497 e. The average molecular weight is 431 g/mol. The van der Waals surface area contributed by atoms with Crippen molar-refractivity contribution >= 4 is 21.8 Å². The van der Waals surface area contributed by atoms with Crippen LogP contribution >= 0.6 is 15.9 Å². The van der Waals surface area contributed by atoms with Crippen LogP contribution in [0.3, 0.4) is 0 Å². The molecule has 7 nitrogen and oxygen atoms in total. The fourth-order valence-electron chi connectivity index (χ4n) is 2.76. The van der Waals surface area contributed by atoms with Crippen molar-refractivity contribution in [2.24, 2.45) is 5.10 Å². The number of aromatic nitrogens is 2. The minimum atomic E-state index is -0.354. The number of amidine groups is 1. The zero-order chi connectivity index (χ0) is 18.8. The molecule has 0 fully saturated rings. The Hall–Kier alpha value is -2.91. The van der Waals surface area contributed by atoms with Gasteiger partial charge in [0.2, 0.25) is 0 Å². The van der Waals surface area contributed by atoms with Crippen LogP contribution in [0, 0.1) is 5.82 Å². The normalized spacial score (nSPS) is 13.4. The van der Waals surface area contributed by atoms with Crippen molar-refractivity contribution in [1.82, 2.24) is 25.9 Å². The van der Waals surface area contributed by atoms with Gasteiger partial charge in [-0.1, -0.05) is 24.3 Å².